The number of nitrogens with zero attached hydrogens (tertiary/aromatic N) is 2. The normalized spacial score (nSPS) is 14.6. The van der Waals surface area contributed by atoms with Gasteiger partial charge in [0.25, 0.3) is 5.91 Å². The van der Waals surface area contributed by atoms with Crippen molar-refractivity contribution in [2.45, 2.75) is 6.92 Å². The summed E-state index contributed by atoms with van der Waals surface area (Å²) in [5, 5.41) is 8.03. The summed E-state index contributed by atoms with van der Waals surface area (Å²) in [6.45, 7) is 1.98. The molecule has 0 radical (unpaired) electrons. The van der Waals surface area contributed by atoms with E-state index in [-0.39, 0.29) is 5.91 Å². The second-order valence-corrected chi connectivity index (χ2v) is 8.99. The first-order valence-electron chi connectivity index (χ1n) is 7.88. The fraction of sp³-hybridized carbons (Fsp3) is 0.0526. The molecule has 2 heterocycles. The molecule has 8 heteroatoms. The standard InChI is InChI=1S/C19H11Br3ClN3O/c1-9-13(20)7-14(21)18-17(9)12(19(27)25-18)6-16-15(22)8-24-26(16)11-4-2-10(23)3-5-11/h2-8H,1H3,(H,25,27). The topological polar surface area (TPSA) is 46.9 Å². The first kappa shape index (κ1) is 18.9. The highest BCUT2D eigenvalue weighted by Gasteiger charge is 2.29. The molecule has 0 saturated carbocycles. The zero-order valence-electron chi connectivity index (χ0n) is 13.9. The summed E-state index contributed by atoms with van der Waals surface area (Å²) in [7, 11) is 0. The number of halogens is 4. The van der Waals surface area contributed by atoms with Crippen molar-refractivity contribution in [1.29, 1.82) is 0 Å². The third kappa shape index (κ3) is 3.31. The Morgan fingerprint density at radius 3 is 2.52 bits per heavy atom. The summed E-state index contributed by atoms with van der Waals surface area (Å²) < 4.78 is 4.32. The minimum atomic E-state index is -0.150. The van der Waals surface area contributed by atoms with Crippen molar-refractivity contribution in [3.8, 4) is 5.69 Å². The second-order valence-electron chi connectivity index (χ2n) is 5.99. The van der Waals surface area contributed by atoms with E-state index < -0.39 is 0 Å². The van der Waals surface area contributed by atoms with Crippen LogP contribution >= 0.6 is 59.4 Å². The number of aromatic nitrogens is 2. The van der Waals surface area contributed by atoms with Crippen LogP contribution in [0.15, 0.2) is 49.9 Å². The predicted octanol–water partition coefficient (Wildman–Crippen LogP) is 6.61. The third-order valence-corrected chi connectivity index (χ3v) is 6.65. The molecule has 136 valence electrons. The Labute approximate surface area is 186 Å². The van der Waals surface area contributed by atoms with Crippen LogP contribution in [0.5, 0.6) is 0 Å². The van der Waals surface area contributed by atoms with Gasteiger partial charge >= 0.3 is 0 Å². The Balaban J connectivity index is 1.91. The molecule has 2 aromatic carbocycles. The van der Waals surface area contributed by atoms with E-state index in [1.165, 1.54) is 0 Å². The van der Waals surface area contributed by atoms with Gasteiger partial charge in [-0.25, -0.2) is 4.68 Å². The first-order chi connectivity index (χ1) is 12.9. The Morgan fingerprint density at radius 1 is 1.11 bits per heavy atom. The van der Waals surface area contributed by atoms with Gasteiger partial charge in [0.05, 0.1) is 33.3 Å². The van der Waals surface area contributed by atoms with Gasteiger partial charge in [0.1, 0.15) is 0 Å². The fourth-order valence-corrected chi connectivity index (χ4v) is 4.76. The summed E-state index contributed by atoms with van der Waals surface area (Å²) in [6.07, 6.45) is 3.55. The predicted molar refractivity (Wildman–Crippen MR) is 119 cm³/mol. The van der Waals surface area contributed by atoms with Crippen molar-refractivity contribution in [3.05, 3.63) is 71.8 Å². The highest BCUT2D eigenvalue weighted by molar-refractivity contribution is 9.11. The van der Waals surface area contributed by atoms with Gasteiger partial charge in [-0.3, -0.25) is 4.79 Å². The lowest BCUT2D eigenvalue weighted by molar-refractivity contribution is -0.110. The number of nitrogens with one attached hydrogen (secondary N) is 1. The molecule has 1 aromatic heterocycles. The molecule has 3 aromatic rings. The quantitative estimate of drug-likeness (QED) is 0.351. The minimum absolute atomic E-state index is 0.150. The van der Waals surface area contributed by atoms with E-state index in [0.717, 1.165) is 41.6 Å². The van der Waals surface area contributed by atoms with E-state index in [1.807, 2.05) is 31.2 Å². The largest absolute Gasteiger partial charge is 0.320 e. The molecule has 0 saturated heterocycles. The van der Waals surface area contributed by atoms with E-state index in [1.54, 1.807) is 23.0 Å². The van der Waals surface area contributed by atoms with E-state index in [2.05, 4.69) is 58.2 Å². The maximum absolute atomic E-state index is 12.7. The lowest BCUT2D eigenvalue weighted by Gasteiger charge is -2.09. The Kier molecular flexibility index (Phi) is 5.05. The van der Waals surface area contributed by atoms with E-state index in [0.29, 0.717) is 10.6 Å². The van der Waals surface area contributed by atoms with E-state index in [9.17, 15) is 4.79 Å². The average Bonchev–Trinajstić information content (AvgIpc) is 3.16. The summed E-state index contributed by atoms with van der Waals surface area (Å²) in [5.74, 6) is -0.150. The second kappa shape index (κ2) is 7.20. The number of hydrogen-bond donors (Lipinski definition) is 1. The van der Waals surface area contributed by atoms with Crippen molar-refractivity contribution in [2.75, 3.05) is 5.32 Å². The SMILES string of the molecule is Cc1c(Br)cc(Br)c2c1C(=Cc1c(Br)cnn1-c1ccc(Cl)cc1)C(=O)N2. The Morgan fingerprint density at radius 2 is 1.81 bits per heavy atom. The van der Waals surface area contributed by atoms with Gasteiger partial charge in [0, 0.05) is 19.5 Å². The Bertz CT molecular complexity index is 1120. The molecule has 0 atom stereocenters. The van der Waals surface area contributed by atoms with Crippen LogP contribution in [-0.4, -0.2) is 15.7 Å². The fourth-order valence-electron chi connectivity index (χ4n) is 3.00. The van der Waals surface area contributed by atoms with Crippen molar-refractivity contribution in [1.82, 2.24) is 9.78 Å². The molecule has 1 aliphatic heterocycles. The molecule has 0 bridgehead atoms. The monoisotopic (exact) mass is 569 g/mol. The van der Waals surface area contributed by atoms with Crippen LogP contribution < -0.4 is 5.32 Å². The van der Waals surface area contributed by atoms with Gasteiger partial charge in [0.2, 0.25) is 0 Å². The third-order valence-electron chi connectivity index (χ3n) is 4.34. The van der Waals surface area contributed by atoms with Gasteiger partial charge in [-0.2, -0.15) is 5.10 Å². The number of hydrogen-bond acceptors (Lipinski definition) is 2. The lowest BCUT2D eigenvalue weighted by Crippen LogP contribution is -2.05. The number of anilines is 1. The molecule has 0 spiro atoms. The van der Waals surface area contributed by atoms with Crippen molar-refractivity contribution < 1.29 is 4.79 Å². The maximum atomic E-state index is 12.7. The number of amides is 1. The number of rotatable bonds is 2. The van der Waals surface area contributed by atoms with Crippen LogP contribution in [0, 0.1) is 6.92 Å². The zero-order chi connectivity index (χ0) is 19.3. The van der Waals surface area contributed by atoms with Crippen LogP contribution in [0.1, 0.15) is 16.8 Å². The average molecular weight is 572 g/mol. The molecule has 27 heavy (non-hydrogen) atoms. The molecule has 0 unspecified atom stereocenters. The molecular weight excluding hydrogens is 561 g/mol. The van der Waals surface area contributed by atoms with Crippen molar-refractivity contribution >= 4 is 82.6 Å². The van der Waals surface area contributed by atoms with E-state index >= 15 is 0 Å². The van der Waals surface area contributed by atoms with Crippen molar-refractivity contribution in [2.24, 2.45) is 0 Å². The maximum Gasteiger partial charge on any atom is 0.256 e. The zero-order valence-corrected chi connectivity index (χ0v) is 19.4. The highest BCUT2D eigenvalue weighted by Crippen LogP contribution is 2.43. The summed E-state index contributed by atoms with van der Waals surface area (Å²) in [4.78, 5) is 12.7. The lowest BCUT2D eigenvalue weighted by atomic mass is 10.0. The molecule has 0 aliphatic carbocycles. The van der Waals surface area contributed by atoms with Crippen LogP contribution in [0.25, 0.3) is 17.3 Å². The minimum Gasteiger partial charge on any atom is -0.320 e. The number of carbonyl (C=O) groups excluding carboxylic acids is 1. The number of fused-ring (bicyclic) bond motifs is 1. The van der Waals surface area contributed by atoms with Crippen LogP contribution in [-0.2, 0) is 4.79 Å². The van der Waals surface area contributed by atoms with Crippen molar-refractivity contribution in [3.63, 3.8) is 0 Å². The van der Waals surface area contributed by atoms with Gasteiger partial charge in [-0.05, 0) is 80.8 Å². The highest BCUT2D eigenvalue weighted by atomic mass is 79.9. The van der Waals surface area contributed by atoms with Crippen LogP contribution in [0.3, 0.4) is 0 Å². The molecule has 4 nitrogen and oxygen atoms in total. The molecule has 4 rings (SSSR count). The molecular formula is C19H11Br3ClN3O. The molecule has 1 amide bonds. The number of carbonyl (C=O) groups is 1. The van der Waals surface area contributed by atoms with Gasteiger partial charge in [-0.15, -0.1) is 0 Å². The molecule has 1 N–H and O–H groups in total. The van der Waals surface area contributed by atoms with Gasteiger partial charge in [-0.1, -0.05) is 27.5 Å². The number of benzene rings is 2. The molecule has 1 aliphatic rings. The van der Waals surface area contributed by atoms with Crippen LogP contribution in [0.4, 0.5) is 5.69 Å². The van der Waals surface area contributed by atoms with Gasteiger partial charge in [0.15, 0.2) is 0 Å². The molecule has 0 fully saturated rings. The van der Waals surface area contributed by atoms with Gasteiger partial charge < -0.3 is 5.32 Å². The first-order valence-corrected chi connectivity index (χ1v) is 10.6. The van der Waals surface area contributed by atoms with E-state index in [4.69, 9.17) is 11.6 Å². The van der Waals surface area contributed by atoms with Crippen LogP contribution in [0.2, 0.25) is 5.02 Å². The summed E-state index contributed by atoms with van der Waals surface area (Å²) in [6, 6.07) is 9.31. The Hall–Kier alpha value is -1.41. The summed E-state index contributed by atoms with van der Waals surface area (Å²) >= 11 is 16.6. The summed E-state index contributed by atoms with van der Waals surface area (Å²) in [5.41, 5.74) is 4.85. The smallest absolute Gasteiger partial charge is 0.256 e.